The Balaban J connectivity index is 2.18. The van der Waals surface area contributed by atoms with Gasteiger partial charge in [0.1, 0.15) is 36.7 Å². The SMILES string of the molecule is C[C@@]1(n2cnc3c(N)ncnc32)O/C(=C/F)[C@@H](O)[C@H]1O. The first-order valence-corrected chi connectivity index (χ1v) is 5.78. The second kappa shape index (κ2) is 4.12. The Bertz CT molecular complexity index is 702. The predicted molar refractivity (Wildman–Crippen MR) is 65.7 cm³/mol. The first-order valence-electron chi connectivity index (χ1n) is 5.78. The smallest absolute Gasteiger partial charge is 0.215 e. The molecule has 106 valence electrons. The van der Waals surface area contributed by atoms with Crippen LogP contribution >= 0.6 is 0 Å². The molecule has 3 rings (SSSR count). The van der Waals surface area contributed by atoms with Crippen LogP contribution in [0, 0.1) is 0 Å². The van der Waals surface area contributed by atoms with Crippen molar-refractivity contribution in [1.29, 1.82) is 0 Å². The van der Waals surface area contributed by atoms with Crippen molar-refractivity contribution >= 4 is 17.0 Å². The molecule has 4 N–H and O–H groups in total. The number of fused-ring (bicyclic) bond motifs is 1. The molecule has 3 atom stereocenters. The van der Waals surface area contributed by atoms with E-state index in [9.17, 15) is 14.6 Å². The molecule has 0 aromatic carbocycles. The average Bonchev–Trinajstić information content (AvgIpc) is 2.96. The van der Waals surface area contributed by atoms with Crippen molar-refractivity contribution < 1.29 is 19.3 Å². The summed E-state index contributed by atoms with van der Waals surface area (Å²) in [6.07, 6.45) is -0.170. The lowest BCUT2D eigenvalue weighted by Crippen LogP contribution is -2.42. The molecule has 2 aromatic rings. The van der Waals surface area contributed by atoms with E-state index in [1.807, 2.05) is 0 Å². The third-order valence-electron chi connectivity index (χ3n) is 3.41. The quantitative estimate of drug-likeness (QED) is 0.653. The molecule has 0 bridgehead atoms. The van der Waals surface area contributed by atoms with E-state index in [4.69, 9.17) is 10.5 Å². The highest BCUT2D eigenvalue weighted by atomic mass is 19.1. The molecule has 9 heteroatoms. The number of halogens is 1. The van der Waals surface area contributed by atoms with Gasteiger partial charge in [-0.1, -0.05) is 0 Å². The number of aliphatic hydroxyl groups is 2. The molecular formula is C11H12FN5O3. The number of nitrogens with two attached hydrogens (primary N) is 1. The van der Waals surface area contributed by atoms with Crippen molar-refractivity contribution in [2.45, 2.75) is 24.9 Å². The minimum absolute atomic E-state index is 0.113. The number of imidazole rings is 1. The Morgan fingerprint density at radius 2 is 2.20 bits per heavy atom. The molecule has 8 nitrogen and oxygen atoms in total. The number of anilines is 1. The van der Waals surface area contributed by atoms with E-state index in [1.54, 1.807) is 0 Å². The van der Waals surface area contributed by atoms with E-state index in [0.717, 1.165) is 0 Å². The van der Waals surface area contributed by atoms with Crippen molar-refractivity contribution in [3.8, 4) is 0 Å². The molecule has 1 fully saturated rings. The highest BCUT2D eigenvalue weighted by Crippen LogP contribution is 2.39. The Morgan fingerprint density at radius 1 is 1.45 bits per heavy atom. The predicted octanol–water partition coefficient (Wildman–Crippen LogP) is -0.356. The van der Waals surface area contributed by atoms with Gasteiger partial charge in [-0.2, -0.15) is 0 Å². The molecule has 0 aliphatic carbocycles. The molecule has 0 unspecified atom stereocenters. The van der Waals surface area contributed by atoms with E-state index < -0.39 is 17.9 Å². The number of hydrogen-bond donors (Lipinski definition) is 3. The summed E-state index contributed by atoms with van der Waals surface area (Å²) in [5.41, 5.74) is 4.87. The van der Waals surface area contributed by atoms with Crippen molar-refractivity contribution in [1.82, 2.24) is 19.5 Å². The van der Waals surface area contributed by atoms with Gasteiger partial charge in [0.15, 0.2) is 17.2 Å². The fourth-order valence-corrected chi connectivity index (χ4v) is 2.26. The molecule has 0 amide bonds. The molecule has 1 aliphatic rings. The maximum absolute atomic E-state index is 12.7. The van der Waals surface area contributed by atoms with E-state index in [2.05, 4.69) is 15.0 Å². The highest BCUT2D eigenvalue weighted by molar-refractivity contribution is 5.81. The van der Waals surface area contributed by atoms with Gasteiger partial charge in [-0.3, -0.25) is 4.57 Å². The van der Waals surface area contributed by atoms with Crippen molar-refractivity contribution in [3.05, 3.63) is 24.7 Å². The van der Waals surface area contributed by atoms with Crippen LogP contribution in [-0.4, -0.2) is 41.9 Å². The summed E-state index contributed by atoms with van der Waals surface area (Å²) in [4.78, 5) is 11.9. The maximum atomic E-state index is 12.7. The first kappa shape index (κ1) is 12.8. The lowest BCUT2D eigenvalue weighted by Gasteiger charge is -2.28. The van der Waals surface area contributed by atoms with Gasteiger partial charge in [0.05, 0.1) is 0 Å². The van der Waals surface area contributed by atoms with Crippen LogP contribution < -0.4 is 5.73 Å². The number of hydrogen-bond acceptors (Lipinski definition) is 7. The Kier molecular flexibility index (Phi) is 2.63. The Morgan fingerprint density at radius 3 is 2.85 bits per heavy atom. The summed E-state index contributed by atoms with van der Waals surface area (Å²) < 4.78 is 19.4. The van der Waals surface area contributed by atoms with E-state index >= 15 is 0 Å². The molecule has 2 aromatic heterocycles. The number of aliphatic hydroxyl groups excluding tert-OH is 2. The number of rotatable bonds is 1. The second-order valence-corrected chi connectivity index (χ2v) is 4.60. The number of nitrogen functional groups attached to an aromatic ring is 1. The fourth-order valence-electron chi connectivity index (χ4n) is 2.26. The van der Waals surface area contributed by atoms with E-state index in [1.165, 1.54) is 24.1 Å². The minimum atomic E-state index is -1.47. The summed E-state index contributed by atoms with van der Waals surface area (Å²) in [5, 5.41) is 19.9. The van der Waals surface area contributed by atoms with Crippen LogP contribution in [0.5, 0.6) is 0 Å². The van der Waals surface area contributed by atoms with Crippen LogP contribution in [0.1, 0.15) is 6.92 Å². The first-order chi connectivity index (χ1) is 9.49. The lowest BCUT2D eigenvalue weighted by molar-refractivity contribution is -0.0975. The standard InChI is InChI=1S/C11H12FN5O3/c1-11(8(19)7(18)5(2-12)20-11)17-4-16-6-9(13)14-3-15-10(6)17/h2-4,7-8,18-19H,1H3,(H2,13,14,15)/b5-2+/t7-,8-,11-/m1/s1. The summed E-state index contributed by atoms with van der Waals surface area (Å²) in [6, 6.07) is 0. The average molecular weight is 281 g/mol. The summed E-state index contributed by atoms with van der Waals surface area (Å²) in [5.74, 6) is -0.185. The minimum Gasteiger partial charge on any atom is -0.464 e. The van der Waals surface area contributed by atoms with Crippen LogP contribution in [0.3, 0.4) is 0 Å². The summed E-state index contributed by atoms with van der Waals surface area (Å²) in [7, 11) is 0. The van der Waals surface area contributed by atoms with Crippen molar-refractivity contribution in [3.63, 3.8) is 0 Å². The third-order valence-corrected chi connectivity index (χ3v) is 3.41. The highest BCUT2D eigenvalue weighted by Gasteiger charge is 2.51. The van der Waals surface area contributed by atoms with Gasteiger partial charge < -0.3 is 20.7 Å². The molecule has 0 radical (unpaired) electrons. The monoisotopic (exact) mass is 281 g/mol. The number of ether oxygens (including phenoxy) is 1. The molecule has 1 saturated heterocycles. The van der Waals surface area contributed by atoms with E-state index in [0.29, 0.717) is 11.2 Å². The topological polar surface area (TPSA) is 119 Å². The van der Waals surface area contributed by atoms with Crippen molar-refractivity contribution in [2.75, 3.05) is 5.73 Å². The van der Waals surface area contributed by atoms with Crippen LogP contribution in [0.2, 0.25) is 0 Å². The Hall–Kier alpha value is -2.26. The summed E-state index contributed by atoms with van der Waals surface area (Å²) >= 11 is 0. The van der Waals surface area contributed by atoms with Crippen LogP contribution in [0.15, 0.2) is 24.7 Å². The van der Waals surface area contributed by atoms with Gasteiger partial charge in [-0.05, 0) is 6.92 Å². The van der Waals surface area contributed by atoms with Crippen molar-refractivity contribution in [2.24, 2.45) is 0 Å². The number of nitrogens with zero attached hydrogens (tertiary/aromatic N) is 4. The zero-order valence-corrected chi connectivity index (χ0v) is 10.4. The summed E-state index contributed by atoms with van der Waals surface area (Å²) in [6.45, 7) is 1.48. The van der Waals surface area contributed by atoms with E-state index in [-0.39, 0.29) is 17.9 Å². The number of aromatic nitrogens is 4. The molecule has 0 saturated carbocycles. The van der Waals surface area contributed by atoms with Gasteiger partial charge in [0.25, 0.3) is 0 Å². The van der Waals surface area contributed by atoms with Gasteiger partial charge in [0, 0.05) is 0 Å². The van der Waals surface area contributed by atoms with Crippen LogP contribution in [-0.2, 0) is 10.5 Å². The molecule has 20 heavy (non-hydrogen) atoms. The maximum Gasteiger partial charge on any atom is 0.215 e. The third kappa shape index (κ3) is 1.50. The second-order valence-electron chi connectivity index (χ2n) is 4.60. The zero-order valence-electron chi connectivity index (χ0n) is 10.4. The van der Waals surface area contributed by atoms with Gasteiger partial charge in [-0.15, -0.1) is 0 Å². The normalized spacial score (nSPS) is 31.9. The van der Waals surface area contributed by atoms with Crippen LogP contribution in [0.25, 0.3) is 11.2 Å². The van der Waals surface area contributed by atoms with Crippen LogP contribution in [0.4, 0.5) is 10.2 Å². The molecular weight excluding hydrogens is 269 g/mol. The molecule has 1 aliphatic heterocycles. The molecule has 3 heterocycles. The Labute approximate surface area is 112 Å². The van der Waals surface area contributed by atoms with Gasteiger partial charge in [0.2, 0.25) is 5.72 Å². The fraction of sp³-hybridized carbons (Fsp3) is 0.364. The lowest BCUT2D eigenvalue weighted by atomic mass is 10.1. The molecule has 0 spiro atoms. The largest absolute Gasteiger partial charge is 0.464 e. The zero-order chi connectivity index (χ0) is 14.5. The van der Waals surface area contributed by atoms with Gasteiger partial charge in [-0.25, -0.2) is 19.3 Å². The van der Waals surface area contributed by atoms with Gasteiger partial charge >= 0.3 is 0 Å².